The van der Waals surface area contributed by atoms with Crippen LogP contribution in [-0.2, 0) is 0 Å². The maximum absolute atomic E-state index is 5.93. The Kier molecular flexibility index (Phi) is 2.59. The van der Waals surface area contributed by atoms with E-state index < -0.39 is 0 Å². The van der Waals surface area contributed by atoms with Crippen LogP contribution < -0.4 is 5.73 Å². The van der Waals surface area contributed by atoms with Crippen LogP contribution in [0.2, 0.25) is 0 Å². The maximum atomic E-state index is 5.93. The number of aromatic nitrogens is 2. The highest BCUT2D eigenvalue weighted by molar-refractivity contribution is 5.06. The van der Waals surface area contributed by atoms with E-state index in [1.807, 2.05) is 19.4 Å². The summed E-state index contributed by atoms with van der Waals surface area (Å²) in [5.41, 5.74) is 7.57. The summed E-state index contributed by atoms with van der Waals surface area (Å²) in [5, 5.41) is 0. The molecule has 1 saturated carbocycles. The third-order valence-corrected chi connectivity index (χ3v) is 3.50. The van der Waals surface area contributed by atoms with Gasteiger partial charge in [0.25, 0.3) is 0 Å². The van der Waals surface area contributed by atoms with Gasteiger partial charge in [-0.1, -0.05) is 13.8 Å². The third kappa shape index (κ3) is 2.07. The van der Waals surface area contributed by atoms with Gasteiger partial charge in [0, 0.05) is 18.3 Å². The molecule has 2 rings (SSSR count). The molecule has 0 amide bonds. The quantitative estimate of drug-likeness (QED) is 0.810. The summed E-state index contributed by atoms with van der Waals surface area (Å²) in [6.45, 7) is 6.71. The molecule has 1 aromatic heterocycles. The van der Waals surface area contributed by atoms with E-state index in [1.165, 1.54) is 19.3 Å². The first-order valence-electron chi connectivity index (χ1n) is 5.77. The minimum absolute atomic E-state index is 0.0798. The smallest absolute Gasteiger partial charge is 0.0951 e. The summed E-state index contributed by atoms with van der Waals surface area (Å²) in [5.74, 6) is 0. The molecular weight excluding hydrogens is 186 g/mol. The molecule has 1 aromatic rings. The SMILES string of the molecule is C[C@H](N)c1cncn1C1CCC(C)(C)C1. The Morgan fingerprint density at radius 3 is 2.87 bits per heavy atom. The van der Waals surface area contributed by atoms with E-state index in [1.54, 1.807) is 0 Å². The second-order valence-corrected chi connectivity index (χ2v) is 5.58. The predicted molar refractivity (Wildman–Crippen MR) is 61.5 cm³/mol. The van der Waals surface area contributed by atoms with Gasteiger partial charge >= 0.3 is 0 Å². The Hall–Kier alpha value is -0.830. The second kappa shape index (κ2) is 3.63. The van der Waals surface area contributed by atoms with Gasteiger partial charge in [-0.25, -0.2) is 4.98 Å². The summed E-state index contributed by atoms with van der Waals surface area (Å²) in [4.78, 5) is 4.22. The zero-order valence-corrected chi connectivity index (χ0v) is 9.90. The Bertz CT molecular complexity index is 338. The third-order valence-electron chi connectivity index (χ3n) is 3.50. The number of nitrogens with zero attached hydrogens (tertiary/aromatic N) is 2. The lowest BCUT2D eigenvalue weighted by atomic mass is 9.92. The molecule has 15 heavy (non-hydrogen) atoms. The van der Waals surface area contributed by atoms with E-state index in [9.17, 15) is 0 Å². The number of hydrogen-bond acceptors (Lipinski definition) is 2. The molecular formula is C12H21N3. The molecule has 0 radical (unpaired) electrons. The lowest BCUT2D eigenvalue weighted by Gasteiger charge is -2.20. The second-order valence-electron chi connectivity index (χ2n) is 5.58. The van der Waals surface area contributed by atoms with Crippen LogP contribution in [0.1, 0.15) is 57.8 Å². The Morgan fingerprint density at radius 2 is 2.33 bits per heavy atom. The molecule has 1 unspecified atom stereocenters. The van der Waals surface area contributed by atoms with Crippen LogP contribution in [0.15, 0.2) is 12.5 Å². The first-order valence-corrected chi connectivity index (χ1v) is 5.77. The van der Waals surface area contributed by atoms with Gasteiger partial charge in [0.2, 0.25) is 0 Å². The maximum Gasteiger partial charge on any atom is 0.0951 e. The number of hydrogen-bond donors (Lipinski definition) is 1. The van der Waals surface area contributed by atoms with E-state index in [2.05, 4.69) is 23.4 Å². The lowest BCUT2D eigenvalue weighted by Crippen LogP contribution is -2.15. The minimum atomic E-state index is 0.0798. The largest absolute Gasteiger partial charge is 0.330 e. The van der Waals surface area contributed by atoms with Crippen molar-refractivity contribution in [1.82, 2.24) is 9.55 Å². The van der Waals surface area contributed by atoms with E-state index in [0.717, 1.165) is 5.69 Å². The average molecular weight is 207 g/mol. The average Bonchev–Trinajstić information content (AvgIpc) is 2.69. The molecule has 1 aliphatic rings. The van der Waals surface area contributed by atoms with Crippen LogP contribution >= 0.6 is 0 Å². The summed E-state index contributed by atoms with van der Waals surface area (Å²) in [6, 6.07) is 0.680. The normalized spacial score (nSPS) is 26.8. The molecule has 0 aromatic carbocycles. The van der Waals surface area contributed by atoms with Crippen molar-refractivity contribution in [2.24, 2.45) is 11.1 Å². The van der Waals surface area contributed by atoms with Crippen molar-refractivity contribution < 1.29 is 0 Å². The molecule has 2 N–H and O–H groups in total. The van der Waals surface area contributed by atoms with Gasteiger partial charge in [-0.05, 0) is 31.6 Å². The first kappa shape index (κ1) is 10.7. The fourth-order valence-corrected chi connectivity index (χ4v) is 2.61. The predicted octanol–water partition coefficient (Wildman–Crippen LogP) is 2.65. The summed E-state index contributed by atoms with van der Waals surface area (Å²) in [7, 11) is 0. The lowest BCUT2D eigenvalue weighted by molar-refractivity contribution is 0.355. The van der Waals surface area contributed by atoms with Crippen molar-refractivity contribution in [1.29, 1.82) is 0 Å². The van der Waals surface area contributed by atoms with E-state index in [0.29, 0.717) is 11.5 Å². The van der Waals surface area contributed by atoms with Crippen molar-refractivity contribution in [2.75, 3.05) is 0 Å². The summed E-state index contributed by atoms with van der Waals surface area (Å²) in [6.07, 6.45) is 7.63. The topological polar surface area (TPSA) is 43.8 Å². The Balaban J connectivity index is 2.20. The Labute approximate surface area is 91.7 Å². The van der Waals surface area contributed by atoms with Crippen LogP contribution in [0.3, 0.4) is 0 Å². The van der Waals surface area contributed by atoms with E-state index in [-0.39, 0.29) is 6.04 Å². The fourth-order valence-electron chi connectivity index (χ4n) is 2.61. The van der Waals surface area contributed by atoms with Gasteiger partial charge in [-0.15, -0.1) is 0 Å². The van der Waals surface area contributed by atoms with Crippen molar-refractivity contribution in [3.8, 4) is 0 Å². The Morgan fingerprint density at radius 1 is 1.60 bits per heavy atom. The first-order chi connectivity index (χ1) is 6.99. The number of nitrogens with two attached hydrogens (primary N) is 1. The molecule has 3 heteroatoms. The minimum Gasteiger partial charge on any atom is -0.330 e. The van der Waals surface area contributed by atoms with Crippen molar-refractivity contribution in [3.63, 3.8) is 0 Å². The van der Waals surface area contributed by atoms with Crippen molar-refractivity contribution >= 4 is 0 Å². The highest BCUT2D eigenvalue weighted by Gasteiger charge is 2.32. The van der Waals surface area contributed by atoms with Crippen LogP contribution in [0.4, 0.5) is 0 Å². The molecule has 1 heterocycles. The van der Waals surface area contributed by atoms with E-state index >= 15 is 0 Å². The van der Waals surface area contributed by atoms with Crippen LogP contribution in [0, 0.1) is 5.41 Å². The molecule has 0 bridgehead atoms. The summed E-state index contributed by atoms with van der Waals surface area (Å²) >= 11 is 0. The molecule has 1 fully saturated rings. The molecule has 0 spiro atoms. The van der Waals surface area contributed by atoms with Gasteiger partial charge < -0.3 is 10.3 Å². The van der Waals surface area contributed by atoms with Crippen LogP contribution in [-0.4, -0.2) is 9.55 Å². The van der Waals surface area contributed by atoms with Crippen LogP contribution in [0.5, 0.6) is 0 Å². The molecule has 0 saturated heterocycles. The van der Waals surface area contributed by atoms with Gasteiger partial charge in [0.15, 0.2) is 0 Å². The van der Waals surface area contributed by atoms with E-state index in [4.69, 9.17) is 5.73 Å². The van der Waals surface area contributed by atoms with Gasteiger partial charge in [0.1, 0.15) is 0 Å². The van der Waals surface area contributed by atoms with Gasteiger partial charge in [-0.3, -0.25) is 0 Å². The zero-order chi connectivity index (χ0) is 11.1. The van der Waals surface area contributed by atoms with Crippen molar-refractivity contribution in [3.05, 3.63) is 18.2 Å². The molecule has 3 nitrogen and oxygen atoms in total. The molecule has 2 atom stereocenters. The highest BCUT2D eigenvalue weighted by atomic mass is 15.1. The molecule has 1 aliphatic carbocycles. The summed E-state index contributed by atoms with van der Waals surface area (Å²) < 4.78 is 2.28. The molecule has 84 valence electrons. The van der Waals surface area contributed by atoms with Crippen molar-refractivity contribution in [2.45, 2.75) is 52.1 Å². The van der Waals surface area contributed by atoms with Gasteiger partial charge in [-0.2, -0.15) is 0 Å². The monoisotopic (exact) mass is 207 g/mol. The fraction of sp³-hybridized carbons (Fsp3) is 0.750. The standard InChI is InChI=1S/C12H21N3/c1-9(13)11-7-14-8-15(11)10-4-5-12(2,3)6-10/h7-10H,4-6,13H2,1-3H3/t9-,10?/m0/s1. The molecule has 0 aliphatic heterocycles. The number of rotatable bonds is 2. The zero-order valence-electron chi connectivity index (χ0n) is 9.90. The number of imidazole rings is 1. The highest BCUT2D eigenvalue weighted by Crippen LogP contribution is 2.44. The van der Waals surface area contributed by atoms with Gasteiger partial charge in [0.05, 0.1) is 12.0 Å². The van der Waals surface area contributed by atoms with Crippen LogP contribution in [0.25, 0.3) is 0 Å².